The van der Waals surface area contributed by atoms with Crippen molar-refractivity contribution in [3.8, 4) is 0 Å². The lowest BCUT2D eigenvalue weighted by molar-refractivity contribution is -0.155. The van der Waals surface area contributed by atoms with Crippen LogP contribution in [-0.2, 0) is 14.4 Å². The number of nitrogens with zero attached hydrogens (tertiary/aromatic N) is 1. The number of nitrogens with one attached hydrogen (secondary N) is 1. The first-order valence-corrected chi connectivity index (χ1v) is 7.14. The number of carbonyl (C=O) groups is 3. The van der Waals surface area contributed by atoms with Crippen molar-refractivity contribution in [2.45, 2.75) is 37.8 Å². The number of aliphatic hydroxyl groups is 1. The molecule has 1 unspecified atom stereocenters. The highest BCUT2D eigenvalue weighted by Gasteiger charge is 2.46. The molecule has 0 saturated carbocycles. The molecule has 2 saturated heterocycles. The fourth-order valence-corrected chi connectivity index (χ4v) is 3.03. The molecule has 6 N–H and O–H groups in total. The minimum atomic E-state index is -2.09. The Morgan fingerprint density at radius 3 is 2.43 bits per heavy atom. The molecule has 2 aliphatic rings. The minimum Gasteiger partial charge on any atom is -0.370 e. The van der Waals surface area contributed by atoms with Crippen LogP contribution in [0.15, 0.2) is 0 Å². The van der Waals surface area contributed by atoms with Gasteiger partial charge in [-0.05, 0) is 19.3 Å². The van der Waals surface area contributed by atoms with Crippen molar-refractivity contribution in [3.63, 3.8) is 0 Å². The van der Waals surface area contributed by atoms with E-state index >= 15 is 0 Å². The van der Waals surface area contributed by atoms with E-state index in [-0.39, 0.29) is 24.2 Å². The zero-order chi connectivity index (χ0) is 15.7. The van der Waals surface area contributed by atoms with Crippen molar-refractivity contribution in [1.29, 1.82) is 0 Å². The van der Waals surface area contributed by atoms with Crippen LogP contribution in [0.5, 0.6) is 0 Å². The van der Waals surface area contributed by atoms with Crippen molar-refractivity contribution in [2.24, 2.45) is 16.9 Å². The van der Waals surface area contributed by atoms with Gasteiger partial charge in [0.1, 0.15) is 0 Å². The van der Waals surface area contributed by atoms with Gasteiger partial charge in [0.25, 0.3) is 5.91 Å². The standard InChI is InChI=1S/C13H22N4O4/c14-9(18)1-2-13(15,21)11(20)17-7-4-12(5-8-17)3-6-16-10(12)19/h21H,1-8,15H2,(H2,14,18)(H,16,19). The number of likely N-dealkylation sites (tertiary alicyclic amines) is 1. The zero-order valence-corrected chi connectivity index (χ0v) is 11.9. The SMILES string of the molecule is NC(=O)CCC(N)(O)C(=O)N1CCC2(CCNC2=O)CC1. The summed E-state index contributed by atoms with van der Waals surface area (Å²) < 4.78 is 0. The summed E-state index contributed by atoms with van der Waals surface area (Å²) in [6.07, 6.45) is 1.55. The highest BCUT2D eigenvalue weighted by molar-refractivity contribution is 5.87. The van der Waals surface area contributed by atoms with Crippen molar-refractivity contribution in [3.05, 3.63) is 0 Å². The molecule has 0 aromatic rings. The molecule has 1 spiro atoms. The molecule has 2 heterocycles. The molecule has 0 bridgehead atoms. The van der Waals surface area contributed by atoms with Crippen LogP contribution in [0.25, 0.3) is 0 Å². The molecule has 2 aliphatic heterocycles. The number of carbonyl (C=O) groups excluding carboxylic acids is 3. The lowest BCUT2D eigenvalue weighted by Crippen LogP contribution is -2.58. The second kappa shape index (κ2) is 5.61. The Kier molecular flexibility index (Phi) is 4.20. The highest BCUT2D eigenvalue weighted by Crippen LogP contribution is 2.38. The summed E-state index contributed by atoms with van der Waals surface area (Å²) in [5, 5.41) is 12.8. The monoisotopic (exact) mass is 298 g/mol. The summed E-state index contributed by atoms with van der Waals surface area (Å²) in [5.74, 6) is -1.18. The van der Waals surface area contributed by atoms with Crippen LogP contribution in [0.2, 0.25) is 0 Å². The molecule has 21 heavy (non-hydrogen) atoms. The van der Waals surface area contributed by atoms with E-state index in [1.54, 1.807) is 0 Å². The third kappa shape index (κ3) is 3.16. The van der Waals surface area contributed by atoms with Gasteiger partial charge in [0.15, 0.2) is 5.72 Å². The van der Waals surface area contributed by atoms with Gasteiger partial charge in [-0.1, -0.05) is 0 Å². The topological polar surface area (TPSA) is 139 Å². The van der Waals surface area contributed by atoms with E-state index in [0.29, 0.717) is 32.5 Å². The zero-order valence-electron chi connectivity index (χ0n) is 11.9. The summed E-state index contributed by atoms with van der Waals surface area (Å²) in [4.78, 5) is 36.3. The van der Waals surface area contributed by atoms with E-state index in [0.717, 1.165) is 6.42 Å². The summed E-state index contributed by atoms with van der Waals surface area (Å²) in [6, 6.07) is 0. The third-order valence-corrected chi connectivity index (χ3v) is 4.50. The Morgan fingerprint density at radius 2 is 1.95 bits per heavy atom. The quantitative estimate of drug-likeness (QED) is 0.446. The van der Waals surface area contributed by atoms with E-state index < -0.39 is 17.5 Å². The van der Waals surface area contributed by atoms with E-state index in [1.807, 2.05) is 0 Å². The molecule has 2 rings (SSSR count). The van der Waals surface area contributed by atoms with Crippen LogP contribution in [0, 0.1) is 5.41 Å². The first kappa shape index (κ1) is 15.7. The van der Waals surface area contributed by atoms with Crippen LogP contribution in [-0.4, -0.2) is 53.1 Å². The number of rotatable bonds is 4. The number of nitrogens with two attached hydrogens (primary N) is 2. The molecule has 8 heteroatoms. The average molecular weight is 298 g/mol. The molecular formula is C13H22N4O4. The maximum Gasteiger partial charge on any atom is 0.269 e. The van der Waals surface area contributed by atoms with Gasteiger partial charge in [-0.3, -0.25) is 20.1 Å². The molecule has 0 aromatic carbocycles. The number of hydrogen-bond acceptors (Lipinski definition) is 5. The van der Waals surface area contributed by atoms with Gasteiger partial charge in [0.2, 0.25) is 11.8 Å². The van der Waals surface area contributed by atoms with E-state index in [9.17, 15) is 19.5 Å². The van der Waals surface area contributed by atoms with Crippen LogP contribution in [0.3, 0.4) is 0 Å². The van der Waals surface area contributed by atoms with Crippen molar-refractivity contribution in [2.75, 3.05) is 19.6 Å². The van der Waals surface area contributed by atoms with Gasteiger partial charge in [-0.15, -0.1) is 0 Å². The van der Waals surface area contributed by atoms with Gasteiger partial charge in [0.05, 0.1) is 5.41 Å². The van der Waals surface area contributed by atoms with Gasteiger partial charge < -0.3 is 21.1 Å². The van der Waals surface area contributed by atoms with Gasteiger partial charge in [-0.25, -0.2) is 0 Å². The third-order valence-electron chi connectivity index (χ3n) is 4.50. The number of primary amides is 1. The van der Waals surface area contributed by atoms with E-state index in [1.165, 1.54) is 4.90 Å². The van der Waals surface area contributed by atoms with Crippen molar-refractivity contribution >= 4 is 17.7 Å². The molecule has 2 fully saturated rings. The Balaban J connectivity index is 1.93. The molecule has 3 amide bonds. The molecule has 8 nitrogen and oxygen atoms in total. The van der Waals surface area contributed by atoms with Crippen LogP contribution in [0.1, 0.15) is 32.1 Å². The van der Waals surface area contributed by atoms with Gasteiger partial charge in [0, 0.05) is 32.5 Å². The first-order chi connectivity index (χ1) is 9.77. The fraction of sp³-hybridized carbons (Fsp3) is 0.769. The molecule has 0 aromatic heterocycles. The molecule has 1 atom stereocenters. The number of amides is 3. The van der Waals surface area contributed by atoms with Crippen LogP contribution in [0.4, 0.5) is 0 Å². The second-order valence-electron chi connectivity index (χ2n) is 5.97. The molecular weight excluding hydrogens is 276 g/mol. The summed E-state index contributed by atoms with van der Waals surface area (Å²) in [6.45, 7) is 1.43. The highest BCUT2D eigenvalue weighted by atomic mass is 16.3. The van der Waals surface area contributed by atoms with Gasteiger partial charge in [-0.2, -0.15) is 0 Å². The summed E-state index contributed by atoms with van der Waals surface area (Å²) in [7, 11) is 0. The Hall–Kier alpha value is -1.67. The number of piperidine rings is 1. The Bertz CT molecular complexity index is 455. The predicted molar refractivity (Wildman–Crippen MR) is 73.4 cm³/mol. The maximum absolute atomic E-state index is 12.2. The normalized spacial score (nSPS) is 23.7. The molecule has 118 valence electrons. The van der Waals surface area contributed by atoms with Gasteiger partial charge >= 0.3 is 0 Å². The van der Waals surface area contributed by atoms with Crippen molar-refractivity contribution in [1.82, 2.24) is 10.2 Å². The molecule has 0 aliphatic carbocycles. The fourth-order valence-electron chi connectivity index (χ4n) is 3.03. The smallest absolute Gasteiger partial charge is 0.269 e. The lowest BCUT2D eigenvalue weighted by atomic mass is 9.77. The molecule has 0 radical (unpaired) electrons. The summed E-state index contributed by atoms with van der Waals surface area (Å²) >= 11 is 0. The average Bonchev–Trinajstić information content (AvgIpc) is 2.78. The van der Waals surface area contributed by atoms with E-state index in [2.05, 4.69) is 5.32 Å². The summed E-state index contributed by atoms with van der Waals surface area (Å²) in [5.41, 5.74) is 8.12. The van der Waals surface area contributed by atoms with Crippen molar-refractivity contribution < 1.29 is 19.5 Å². The number of hydrogen-bond donors (Lipinski definition) is 4. The predicted octanol–water partition coefficient (Wildman–Crippen LogP) is -1.97. The minimum absolute atomic E-state index is 0.0475. The maximum atomic E-state index is 12.2. The van der Waals surface area contributed by atoms with Crippen LogP contribution < -0.4 is 16.8 Å². The Labute approximate surface area is 122 Å². The largest absolute Gasteiger partial charge is 0.370 e. The van der Waals surface area contributed by atoms with E-state index in [4.69, 9.17) is 11.5 Å². The second-order valence-corrected chi connectivity index (χ2v) is 5.97. The Morgan fingerprint density at radius 1 is 1.33 bits per heavy atom. The lowest BCUT2D eigenvalue weighted by Gasteiger charge is -2.39. The first-order valence-electron chi connectivity index (χ1n) is 7.14. The van der Waals surface area contributed by atoms with Crippen LogP contribution >= 0.6 is 0 Å².